The number of thioether (sulfide) groups is 1. The van der Waals surface area contributed by atoms with Crippen LogP contribution in [-0.2, 0) is 9.53 Å². The second-order valence-corrected chi connectivity index (χ2v) is 8.29. The molecule has 0 spiro atoms. The van der Waals surface area contributed by atoms with E-state index in [0.29, 0.717) is 24.9 Å². The van der Waals surface area contributed by atoms with Gasteiger partial charge in [0.25, 0.3) is 0 Å². The molecular formula is C20H33N5O2S. The molecular weight excluding hydrogens is 374 g/mol. The van der Waals surface area contributed by atoms with Gasteiger partial charge in [-0.25, -0.2) is 0 Å². The Morgan fingerprint density at radius 3 is 2.57 bits per heavy atom. The number of rotatable bonds is 9. The molecule has 1 aliphatic heterocycles. The van der Waals surface area contributed by atoms with Gasteiger partial charge in [0.15, 0.2) is 5.96 Å². The van der Waals surface area contributed by atoms with E-state index in [1.165, 1.54) is 4.90 Å². The van der Waals surface area contributed by atoms with Gasteiger partial charge in [-0.2, -0.15) is 0 Å². The third-order valence-corrected chi connectivity index (χ3v) is 5.62. The number of piperazine rings is 1. The number of guanidine groups is 1. The van der Waals surface area contributed by atoms with E-state index in [-0.39, 0.29) is 5.91 Å². The predicted octanol–water partition coefficient (Wildman–Crippen LogP) is 1.12. The number of carbonyl (C=O) groups is 1. The second kappa shape index (κ2) is 12.6. The van der Waals surface area contributed by atoms with E-state index in [1.807, 2.05) is 24.9 Å². The molecule has 0 bridgehead atoms. The minimum absolute atomic E-state index is 0.0553. The lowest BCUT2D eigenvalue weighted by Crippen LogP contribution is -2.54. The van der Waals surface area contributed by atoms with E-state index >= 15 is 0 Å². The van der Waals surface area contributed by atoms with Crippen LogP contribution >= 0.6 is 11.8 Å². The summed E-state index contributed by atoms with van der Waals surface area (Å²) in [5.74, 6) is 0.990. The first-order chi connectivity index (χ1) is 13.6. The van der Waals surface area contributed by atoms with Gasteiger partial charge in [0.2, 0.25) is 5.91 Å². The van der Waals surface area contributed by atoms with Crippen LogP contribution in [0.2, 0.25) is 0 Å². The lowest BCUT2D eigenvalue weighted by Gasteiger charge is -2.36. The van der Waals surface area contributed by atoms with Gasteiger partial charge < -0.3 is 20.3 Å². The summed E-state index contributed by atoms with van der Waals surface area (Å²) < 4.78 is 4.95. The normalized spacial score (nSPS) is 16.7. The molecule has 2 rings (SSSR count). The fourth-order valence-corrected chi connectivity index (χ4v) is 3.96. The molecule has 0 aliphatic carbocycles. The zero-order valence-corrected chi connectivity index (χ0v) is 18.0. The Kier molecular flexibility index (Phi) is 10.2. The van der Waals surface area contributed by atoms with E-state index in [1.54, 1.807) is 7.11 Å². The molecule has 1 unspecified atom stereocenters. The summed E-state index contributed by atoms with van der Waals surface area (Å²) in [5, 5.41) is 6.80. The van der Waals surface area contributed by atoms with Crippen LogP contribution in [0.3, 0.4) is 0 Å². The first kappa shape index (κ1) is 22.5. The van der Waals surface area contributed by atoms with Gasteiger partial charge in [-0.05, 0) is 12.1 Å². The van der Waals surface area contributed by atoms with Crippen LogP contribution in [-0.4, -0.2) is 93.5 Å². The second-order valence-electron chi connectivity index (χ2n) is 6.78. The summed E-state index contributed by atoms with van der Waals surface area (Å²) in [6.07, 6.45) is 0. The molecule has 1 aromatic rings. The van der Waals surface area contributed by atoms with Crippen molar-refractivity contribution in [3.8, 4) is 0 Å². The predicted molar refractivity (Wildman–Crippen MR) is 116 cm³/mol. The topological polar surface area (TPSA) is 69.2 Å². The van der Waals surface area contributed by atoms with Crippen molar-refractivity contribution in [1.29, 1.82) is 0 Å². The minimum atomic E-state index is 0.0553. The summed E-state index contributed by atoms with van der Waals surface area (Å²) in [7, 11) is 3.46. The molecule has 7 nitrogen and oxygen atoms in total. The molecule has 0 aromatic heterocycles. The van der Waals surface area contributed by atoms with Crippen LogP contribution in [0, 0.1) is 0 Å². The lowest BCUT2D eigenvalue weighted by atomic mass is 10.3. The fraction of sp³-hybridized carbons (Fsp3) is 0.600. The molecule has 156 valence electrons. The molecule has 2 N–H and O–H groups in total. The summed E-state index contributed by atoms with van der Waals surface area (Å²) in [5.41, 5.74) is 0. The van der Waals surface area contributed by atoms with Gasteiger partial charge in [-0.15, -0.1) is 11.8 Å². The number of benzene rings is 1. The highest BCUT2D eigenvalue weighted by atomic mass is 32.2. The third kappa shape index (κ3) is 8.08. The van der Waals surface area contributed by atoms with Crippen molar-refractivity contribution in [3.63, 3.8) is 0 Å². The summed E-state index contributed by atoms with van der Waals surface area (Å²) >= 11 is 1.86. The molecule has 1 amide bonds. The van der Waals surface area contributed by atoms with Crippen molar-refractivity contribution in [2.45, 2.75) is 17.1 Å². The smallest absolute Gasteiger partial charge is 0.234 e. The standard InChI is InChI=1S/C20H33N5O2S/c1-17(28-18-7-5-4-6-8-18)15-23-20(21-2)25-12-10-24(11-13-25)16-19(26)22-9-14-27-3/h4-8,17H,9-16H2,1-3H3,(H,21,23)(H,22,26). The number of nitrogens with one attached hydrogen (secondary N) is 2. The van der Waals surface area contributed by atoms with Crippen molar-refractivity contribution in [1.82, 2.24) is 20.4 Å². The van der Waals surface area contributed by atoms with Gasteiger partial charge in [0.05, 0.1) is 13.2 Å². The monoisotopic (exact) mass is 407 g/mol. The molecule has 1 aliphatic rings. The number of methoxy groups -OCH3 is 1. The van der Waals surface area contributed by atoms with Crippen molar-refractivity contribution in [3.05, 3.63) is 30.3 Å². The average molecular weight is 408 g/mol. The lowest BCUT2D eigenvalue weighted by molar-refractivity contribution is -0.122. The molecule has 1 atom stereocenters. The Labute approximate surface area is 172 Å². The highest BCUT2D eigenvalue weighted by Crippen LogP contribution is 2.21. The number of carbonyl (C=O) groups excluding carboxylic acids is 1. The van der Waals surface area contributed by atoms with E-state index in [4.69, 9.17) is 4.74 Å². The van der Waals surface area contributed by atoms with Crippen LogP contribution in [0.5, 0.6) is 0 Å². The molecule has 1 heterocycles. The average Bonchev–Trinajstić information content (AvgIpc) is 2.70. The number of aliphatic imine (C=N–C) groups is 1. The molecule has 1 fully saturated rings. The van der Waals surface area contributed by atoms with E-state index in [0.717, 1.165) is 38.7 Å². The van der Waals surface area contributed by atoms with E-state index < -0.39 is 0 Å². The fourth-order valence-electron chi connectivity index (χ4n) is 3.01. The quantitative estimate of drug-likeness (QED) is 0.277. The van der Waals surface area contributed by atoms with Crippen LogP contribution in [0.1, 0.15) is 6.92 Å². The van der Waals surface area contributed by atoms with Crippen molar-refractivity contribution < 1.29 is 9.53 Å². The van der Waals surface area contributed by atoms with Crippen molar-refractivity contribution in [2.75, 3.05) is 66.6 Å². The molecule has 0 radical (unpaired) electrons. The Balaban J connectivity index is 1.69. The van der Waals surface area contributed by atoms with Gasteiger partial charge in [0.1, 0.15) is 0 Å². The molecule has 1 saturated heterocycles. The molecule has 28 heavy (non-hydrogen) atoms. The van der Waals surface area contributed by atoms with E-state index in [2.05, 4.69) is 56.6 Å². The summed E-state index contributed by atoms with van der Waals surface area (Å²) in [6.45, 7) is 8.06. The zero-order valence-electron chi connectivity index (χ0n) is 17.2. The Morgan fingerprint density at radius 1 is 1.21 bits per heavy atom. The summed E-state index contributed by atoms with van der Waals surface area (Å²) in [6, 6.07) is 10.5. The van der Waals surface area contributed by atoms with Crippen molar-refractivity contribution in [2.24, 2.45) is 4.99 Å². The van der Waals surface area contributed by atoms with Gasteiger partial charge in [-0.3, -0.25) is 14.7 Å². The molecule has 1 aromatic carbocycles. The Morgan fingerprint density at radius 2 is 1.93 bits per heavy atom. The third-order valence-electron chi connectivity index (χ3n) is 4.51. The zero-order chi connectivity index (χ0) is 20.2. The Hall–Kier alpha value is -1.77. The van der Waals surface area contributed by atoms with Crippen LogP contribution in [0.25, 0.3) is 0 Å². The largest absolute Gasteiger partial charge is 0.383 e. The van der Waals surface area contributed by atoms with Gasteiger partial charge in [0, 0.05) is 63.6 Å². The molecule has 8 heteroatoms. The number of nitrogens with zero attached hydrogens (tertiary/aromatic N) is 3. The van der Waals surface area contributed by atoms with Gasteiger partial charge >= 0.3 is 0 Å². The maximum Gasteiger partial charge on any atom is 0.234 e. The number of hydrogen-bond donors (Lipinski definition) is 2. The highest BCUT2D eigenvalue weighted by molar-refractivity contribution is 8.00. The maximum atomic E-state index is 11.9. The van der Waals surface area contributed by atoms with Crippen molar-refractivity contribution >= 4 is 23.6 Å². The van der Waals surface area contributed by atoms with Crippen LogP contribution in [0.4, 0.5) is 0 Å². The molecule has 0 saturated carbocycles. The first-order valence-corrected chi connectivity index (χ1v) is 10.7. The highest BCUT2D eigenvalue weighted by Gasteiger charge is 2.21. The number of amides is 1. The van der Waals surface area contributed by atoms with Gasteiger partial charge in [-0.1, -0.05) is 25.1 Å². The number of hydrogen-bond acceptors (Lipinski definition) is 5. The first-order valence-electron chi connectivity index (χ1n) is 9.77. The maximum absolute atomic E-state index is 11.9. The van der Waals surface area contributed by atoms with E-state index in [9.17, 15) is 4.79 Å². The summed E-state index contributed by atoms with van der Waals surface area (Å²) in [4.78, 5) is 22.1. The number of ether oxygens (including phenoxy) is 1. The van der Waals surface area contributed by atoms with Crippen LogP contribution in [0.15, 0.2) is 40.2 Å². The minimum Gasteiger partial charge on any atom is -0.383 e. The van der Waals surface area contributed by atoms with Crippen LogP contribution < -0.4 is 10.6 Å². The SMILES string of the molecule is CN=C(NCC(C)Sc1ccccc1)N1CCN(CC(=O)NCCOC)CC1. The Bertz CT molecular complexity index is 606.